The van der Waals surface area contributed by atoms with Crippen molar-refractivity contribution in [1.82, 2.24) is 10.0 Å². The minimum absolute atomic E-state index is 0.0715. The number of methoxy groups -OCH3 is 1. The van der Waals surface area contributed by atoms with Crippen LogP contribution >= 0.6 is 59.0 Å². The molecule has 0 aliphatic heterocycles. The number of nitrogens with zero attached hydrogens (tertiary/aromatic N) is 1. The van der Waals surface area contributed by atoms with Crippen molar-refractivity contribution in [3.63, 3.8) is 0 Å². The van der Waals surface area contributed by atoms with Gasteiger partial charge in [0.05, 0.1) is 17.7 Å². The van der Waals surface area contributed by atoms with Crippen molar-refractivity contribution in [2.75, 3.05) is 12.4 Å². The quantitative estimate of drug-likeness (QED) is 0.129. The highest BCUT2D eigenvalue weighted by molar-refractivity contribution is 7.97. The Balaban J connectivity index is 2.08. The third-order valence-corrected chi connectivity index (χ3v) is 5.10. The van der Waals surface area contributed by atoms with Gasteiger partial charge in [-0.1, -0.05) is 59.1 Å². The standard InChI is InChI=1S/C16H15Cl3N4O3S2/c1-26-12-8-4-2-6-10(12)20-15(27)21-14(16(17,18)19)22-28-13-9-5-3-7-11(13)23(24)25/h2-9,14,22H,1H3,(H2,20,21,27)/t14-/m1/s1. The second kappa shape index (κ2) is 10.3. The highest BCUT2D eigenvalue weighted by Crippen LogP contribution is 2.33. The number of rotatable bonds is 7. The van der Waals surface area contributed by atoms with Crippen molar-refractivity contribution in [3.8, 4) is 5.75 Å². The van der Waals surface area contributed by atoms with Crippen LogP contribution in [0.5, 0.6) is 5.75 Å². The predicted molar refractivity (Wildman–Crippen MR) is 119 cm³/mol. The molecule has 0 amide bonds. The third-order valence-electron chi connectivity index (χ3n) is 3.31. The van der Waals surface area contributed by atoms with Crippen LogP contribution in [0.2, 0.25) is 0 Å². The Morgan fingerprint density at radius 1 is 1.21 bits per heavy atom. The summed E-state index contributed by atoms with van der Waals surface area (Å²) in [5, 5.41) is 17.1. The summed E-state index contributed by atoms with van der Waals surface area (Å²) in [6.07, 6.45) is -0.961. The van der Waals surface area contributed by atoms with Crippen molar-refractivity contribution in [2.24, 2.45) is 0 Å². The van der Waals surface area contributed by atoms with Gasteiger partial charge in [0.2, 0.25) is 3.79 Å². The number of para-hydroxylation sites is 3. The average molecular weight is 482 g/mol. The average Bonchev–Trinajstić information content (AvgIpc) is 2.64. The number of nitro benzene ring substituents is 1. The minimum Gasteiger partial charge on any atom is -0.495 e. The van der Waals surface area contributed by atoms with Gasteiger partial charge < -0.3 is 15.4 Å². The first-order valence-corrected chi connectivity index (χ1v) is 10.0. The van der Waals surface area contributed by atoms with E-state index in [1.54, 1.807) is 30.3 Å². The molecule has 0 spiro atoms. The third kappa shape index (κ3) is 6.54. The van der Waals surface area contributed by atoms with Crippen molar-refractivity contribution >= 4 is 75.5 Å². The zero-order valence-electron chi connectivity index (χ0n) is 14.3. The highest BCUT2D eigenvalue weighted by atomic mass is 35.6. The molecule has 2 rings (SSSR count). The molecule has 2 aromatic carbocycles. The Labute approximate surface area is 186 Å². The lowest BCUT2D eigenvalue weighted by Crippen LogP contribution is -2.52. The van der Waals surface area contributed by atoms with Gasteiger partial charge >= 0.3 is 0 Å². The molecule has 12 heteroatoms. The summed E-state index contributed by atoms with van der Waals surface area (Å²) in [4.78, 5) is 11.0. The summed E-state index contributed by atoms with van der Waals surface area (Å²) in [5.41, 5.74) is 0.551. The van der Waals surface area contributed by atoms with Crippen LogP contribution in [0.15, 0.2) is 53.4 Å². The zero-order valence-corrected chi connectivity index (χ0v) is 18.2. The van der Waals surface area contributed by atoms with E-state index in [0.717, 1.165) is 11.9 Å². The van der Waals surface area contributed by atoms with E-state index in [1.165, 1.54) is 13.2 Å². The molecule has 0 fully saturated rings. The molecule has 0 heterocycles. The van der Waals surface area contributed by atoms with Crippen LogP contribution in [-0.2, 0) is 0 Å². The van der Waals surface area contributed by atoms with Gasteiger partial charge in [-0.2, -0.15) is 0 Å². The van der Waals surface area contributed by atoms with Gasteiger partial charge in [0, 0.05) is 6.07 Å². The molecular formula is C16H15Cl3N4O3S2. The summed E-state index contributed by atoms with van der Waals surface area (Å²) < 4.78 is 6.31. The van der Waals surface area contributed by atoms with Crippen LogP contribution in [0.1, 0.15) is 0 Å². The van der Waals surface area contributed by atoms with Crippen LogP contribution in [0.3, 0.4) is 0 Å². The van der Waals surface area contributed by atoms with Crippen molar-refractivity contribution in [1.29, 1.82) is 0 Å². The zero-order chi connectivity index (χ0) is 20.7. The monoisotopic (exact) mass is 480 g/mol. The lowest BCUT2D eigenvalue weighted by Gasteiger charge is -2.27. The van der Waals surface area contributed by atoms with Crippen molar-refractivity contribution < 1.29 is 9.66 Å². The Bertz CT molecular complexity index is 852. The molecule has 0 unspecified atom stereocenters. The molecule has 0 radical (unpaired) electrons. The van der Waals surface area contributed by atoms with Gasteiger partial charge in [0.1, 0.15) is 16.8 Å². The Kier molecular flexibility index (Phi) is 8.41. The highest BCUT2D eigenvalue weighted by Gasteiger charge is 2.34. The Hall–Kier alpha value is -1.49. The topological polar surface area (TPSA) is 88.5 Å². The molecule has 2 aromatic rings. The van der Waals surface area contributed by atoms with Crippen LogP contribution < -0.4 is 20.1 Å². The number of hydrogen-bond donors (Lipinski definition) is 3. The number of hydrogen-bond acceptors (Lipinski definition) is 6. The first-order valence-electron chi connectivity index (χ1n) is 7.65. The molecule has 0 aliphatic carbocycles. The lowest BCUT2D eigenvalue weighted by molar-refractivity contribution is -0.387. The number of ether oxygens (including phenoxy) is 1. The van der Waals surface area contributed by atoms with Crippen molar-refractivity contribution in [3.05, 3.63) is 58.6 Å². The molecule has 0 aliphatic rings. The molecule has 0 saturated carbocycles. The molecular weight excluding hydrogens is 467 g/mol. The molecule has 0 bridgehead atoms. The number of halogens is 3. The lowest BCUT2D eigenvalue weighted by atomic mass is 10.3. The molecule has 0 aromatic heterocycles. The van der Waals surface area contributed by atoms with E-state index in [0.29, 0.717) is 16.3 Å². The number of nitrogens with one attached hydrogen (secondary N) is 3. The van der Waals surface area contributed by atoms with Gasteiger partial charge in [-0.3, -0.25) is 10.1 Å². The number of alkyl halides is 3. The summed E-state index contributed by atoms with van der Waals surface area (Å²) in [5.74, 6) is 0.583. The van der Waals surface area contributed by atoms with E-state index in [9.17, 15) is 10.1 Å². The second-order valence-corrected chi connectivity index (χ2v) is 8.87. The maximum atomic E-state index is 11.1. The van der Waals surface area contributed by atoms with Crippen molar-refractivity contribution in [2.45, 2.75) is 14.9 Å². The molecule has 150 valence electrons. The fourth-order valence-electron chi connectivity index (χ4n) is 2.03. The van der Waals surface area contributed by atoms with E-state index >= 15 is 0 Å². The first-order chi connectivity index (χ1) is 13.2. The molecule has 0 saturated heterocycles. The second-order valence-electron chi connectivity index (χ2n) is 5.22. The maximum Gasteiger partial charge on any atom is 0.284 e. The van der Waals surface area contributed by atoms with Crippen LogP contribution in [0.25, 0.3) is 0 Å². The largest absolute Gasteiger partial charge is 0.495 e. The van der Waals surface area contributed by atoms with E-state index in [-0.39, 0.29) is 10.8 Å². The summed E-state index contributed by atoms with van der Waals surface area (Å²) in [7, 11) is 1.53. The number of thiocarbonyl (C=S) groups is 1. The molecule has 1 atom stereocenters. The van der Waals surface area contributed by atoms with Gasteiger partial charge in [0.15, 0.2) is 5.11 Å². The van der Waals surface area contributed by atoms with E-state index in [4.69, 9.17) is 51.8 Å². The van der Waals surface area contributed by atoms with E-state index < -0.39 is 14.9 Å². The van der Waals surface area contributed by atoms with Crippen LogP contribution in [0.4, 0.5) is 11.4 Å². The normalized spacial score (nSPS) is 12.1. The van der Waals surface area contributed by atoms with Gasteiger partial charge in [0.25, 0.3) is 5.69 Å². The summed E-state index contributed by atoms with van der Waals surface area (Å²) in [6, 6.07) is 13.4. The fourth-order valence-corrected chi connectivity index (χ4v) is 3.66. The molecule has 28 heavy (non-hydrogen) atoms. The Morgan fingerprint density at radius 2 is 1.86 bits per heavy atom. The smallest absolute Gasteiger partial charge is 0.284 e. The predicted octanol–water partition coefficient (Wildman–Crippen LogP) is 4.88. The SMILES string of the molecule is COc1ccccc1NC(=S)N[C@H](NSc1ccccc1[N+](=O)[O-])C(Cl)(Cl)Cl. The number of benzene rings is 2. The fraction of sp³-hybridized carbons (Fsp3) is 0.188. The van der Waals surface area contributed by atoms with Gasteiger partial charge in [-0.15, -0.1) is 0 Å². The first kappa shape index (κ1) is 22.8. The van der Waals surface area contributed by atoms with E-state index in [2.05, 4.69) is 15.4 Å². The van der Waals surface area contributed by atoms with Gasteiger partial charge in [-0.25, -0.2) is 4.72 Å². The van der Waals surface area contributed by atoms with Crippen LogP contribution in [0, 0.1) is 10.1 Å². The van der Waals surface area contributed by atoms with Crippen LogP contribution in [-0.4, -0.2) is 27.1 Å². The van der Waals surface area contributed by atoms with E-state index in [1.807, 2.05) is 12.1 Å². The summed E-state index contributed by atoms with van der Waals surface area (Å²) >= 11 is 24.3. The minimum atomic E-state index is -1.80. The number of anilines is 1. The maximum absolute atomic E-state index is 11.1. The molecule has 3 N–H and O–H groups in total. The summed E-state index contributed by atoms with van der Waals surface area (Å²) in [6.45, 7) is 0. The molecule has 7 nitrogen and oxygen atoms in total. The van der Waals surface area contributed by atoms with Gasteiger partial charge in [-0.05, 0) is 42.4 Å². The Morgan fingerprint density at radius 3 is 2.50 bits per heavy atom. The number of nitro groups is 1.